The van der Waals surface area contributed by atoms with E-state index >= 15 is 0 Å². The van der Waals surface area contributed by atoms with Gasteiger partial charge in [-0.15, -0.1) is 0 Å². The van der Waals surface area contributed by atoms with Gasteiger partial charge in [-0.05, 0) is 49.5 Å². The number of carbonyl (C=O) groups is 4. The molecule has 3 rings (SSSR count). The molecule has 0 aromatic carbocycles. The molecule has 0 spiro atoms. The number of nitrogens with one attached hydrogen (secondary N) is 5. The van der Waals surface area contributed by atoms with Gasteiger partial charge < -0.3 is 37.9 Å². The molecule has 260 valence electrons. The number of carbonyl (C=O) groups excluding carboxylic acids is 4. The number of nitrogens with zero attached hydrogens (tertiary/aromatic N) is 3. The van der Waals surface area contributed by atoms with Crippen LogP contribution in [0.15, 0.2) is 16.3 Å². The van der Waals surface area contributed by atoms with E-state index in [-0.39, 0.29) is 54.0 Å². The van der Waals surface area contributed by atoms with E-state index in [1.807, 2.05) is 13.8 Å². The molecule has 3 amide bonds. The van der Waals surface area contributed by atoms with Crippen LogP contribution >= 0.6 is 26.9 Å². The lowest BCUT2D eigenvalue weighted by molar-refractivity contribution is -0.161. The van der Waals surface area contributed by atoms with Crippen LogP contribution < -0.4 is 25.6 Å². The third-order valence-corrected chi connectivity index (χ3v) is 15.1. The van der Waals surface area contributed by atoms with E-state index in [9.17, 15) is 19.2 Å². The van der Waals surface area contributed by atoms with Crippen LogP contribution in [0.5, 0.6) is 0 Å². The van der Waals surface area contributed by atoms with Gasteiger partial charge in [0, 0.05) is 25.6 Å². The number of guanidine groups is 1. The minimum atomic E-state index is -1.97. The molecule has 2 saturated heterocycles. The minimum Gasteiger partial charge on any atom is -0.428 e. The first-order valence-electron chi connectivity index (χ1n) is 15.8. The monoisotopic (exact) mass is 738 g/mol. The van der Waals surface area contributed by atoms with Gasteiger partial charge in [0.05, 0.1) is 18.1 Å². The number of rotatable bonds is 17. The van der Waals surface area contributed by atoms with Crippen molar-refractivity contribution in [1.82, 2.24) is 35.4 Å². The molecule has 6 radical (unpaired) electrons. The Morgan fingerprint density at radius 1 is 0.979 bits per heavy atom. The maximum atomic E-state index is 13.7. The summed E-state index contributed by atoms with van der Waals surface area (Å²) in [5.74, 6) is -1.27. The molecule has 2 fully saturated rings. The van der Waals surface area contributed by atoms with Crippen LogP contribution in [0, 0.1) is 17.8 Å². The second-order valence-corrected chi connectivity index (χ2v) is 18.5. The highest BCUT2D eigenvalue weighted by Crippen LogP contribution is 2.49. The molecular weight excluding hydrogens is 694 g/mol. The third kappa shape index (κ3) is 10.2. The molecule has 23 heteroatoms. The molecule has 16 nitrogen and oxygen atoms in total. The molecule has 0 aromatic heterocycles. The number of hydrogen-bond acceptors (Lipinski definition) is 13. The first-order valence-corrected chi connectivity index (χ1v) is 21.0. The zero-order valence-corrected chi connectivity index (χ0v) is 31.9. The summed E-state index contributed by atoms with van der Waals surface area (Å²) in [5, 5.41) is 4.72. The van der Waals surface area contributed by atoms with Crippen LogP contribution in [0.1, 0.15) is 41.0 Å². The van der Waals surface area contributed by atoms with Gasteiger partial charge in [0.25, 0.3) is 0 Å². The molecule has 5 unspecified atom stereocenters. The number of likely N-dealkylation sites (tertiary alicyclic amines) is 1. The summed E-state index contributed by atoms with van der Waals surface area (Å²) in [6, 6.07) is 2.72. The second kappa shape index (κ2) is 19.7. The Balaban J connectivity index is 1.74. The van der Waals surface area contributed by atoms with E-state index in [0.29, 0.717) is 19.6 Å². The molecule has 3 heterocycles. The zero-order valence-electron chi connectivity index (χ0n) is 27.9. The van der Waals surface area contributed by atoms with Crippen molar-refractivity contribution >= 4 is 89.2 Å². The quantitative estimate of drug-likeness (QED) is 0.0361. The van der Waals surface area contributed by atoms with Crippen LogP contribution in [0.3, 0.4) is 0 Å². The average molecular weight is 738 g/mol. The predicted molar refractivity (Wildman–Crippen MR) is 192 cm³/mol. The van der Waals surface area contributed by atoms with Gasteiger partial charge in [-0.25, -0.2) is 14.4 Å². The maximum Gasteiger partial charge on any atom is 0.417 e. The Morgan fingerprint density at radius 2 is 1.54 bits per heavy atom. The molecule has 0 saturated carbocycles. The lowest BCUT2D eigenvalue weighted by atomic mass is 9.77. The number of aliphatic imine (C=N–C) groups is 1. The van der Waals surface area contributed by atoms with Crippen molar-refractivity contribution in [2.45, 2.75) is 71.3 Å². The van der Waals surface area contributed by atoms with Crippen molar-refractivity contribution < 1.29 is 37.2 Å². The second-order valence-electron chi connectivity index (χ2n) is 11.7. The maximum absolute atomic E-state index is 13.7. The molecule has 3 aliphatic heterocycles. The zero-order chi connectivity index (χ0) is 35.4. The molecule has 5 N–H and O–H groups in total. The molecule has 0 aliphatic carbocycles. The summed E-state index contributed by atoms with van der Waals surface area (Å²) in [4.78, 5) is 66.1. The van der Waals surface area contributed by atoms with Gasteiger partial charge in [-0.3, -0.25) is 25.3 Å². The van der Waals surface area contributed by atoms with Gasteiger partial charge in [0.15, 0.2) is 32.3 Å². The fraction of sp³-hybridized carbons (Fsp3) is 0.720. The van der Waals surface area contributed by atoms with Crippen molar-refractivity contribution in [3.8, 4) is 0 Å². The van der Waals surface area contributed by atoms with Crippen LogP contribution in [0.4, 0.5) is 9.59 Å². The number of fused-ring (bicyclic) bond motifs is 1. The highest BCUT2D eigenvalue weighted by atomic mass is 31.1. The lowest BCUT2D eigenvalue weighted by Gasteiger charge is -2.49. The van der Waals surface area contributed by atoms with Gasteiger partial charge in [-0.2, -0.15) is 0 Å². The van der Waals surface area contributed by atoms with E-state index in [1.165, 1.54) is 0 Å². The number of hydrogen-bond donors (Lipinski definition) is 5. The highest BCUT2D eigenvalue weighted by Gasteiger charge is 2.61. The Morgan fingerprint density at radius 3 is 2.08 bits per heavy atom. The highest BCUT2D eigenvalue weighted by molar-refractivity contribution is 7.32. The largest absolute Gasteiger partial charge is 0.428 e. The van der Waals surface area contributed by atoms with Gasteiger partial charge in [0.1, 0.15) is 32.6 Å². The summed E-state index contributed by atoms with van der Waals surface area (Å²) in [6.07, 6.45) is -1.26. The summed E-state index contributed by atoms with van der Waals surface area (Å²) >= 11 is 0. The molecular formula is C25H44B3N8O8P3Si. The van der Waals surface area contributed by atoms with Crippen molar-refractivity contribution in [2.24, 2.45) is 22.7 Å². The Labute approximate surface area is 292 Å². The van der Waals surface area contributed by atoms with Crippen LogP contribution in [-0.2, 0) is 27.6 Å². The smallest absolute Gasteiger partial charge is 0.417 e. The van der Waals surface area contributed by atoms with Gasteiger partial charge in [-0.1, -0.05) is 27.7 Å². The molecule has 0 aromatic rings. The van der Waals surface area contributed by atoms with Crippen molar-refractivity contribution in [3.05, 3.63) is 11.3 Å². The van der Waals surface area contributed by atoms with E-state index in [2.05, 4.69) is 56.3 Å². The van der Waals surface area contributed by atoms with Crippen LogP contribution in [0.25, 0.3) is 0 Å². The van der Waals surface area contributed by atoms with Gasteiger partial charge in [0.2, 0.25) is 11.9 Å². The first-order chi connectivity index (χ1) is 23.0. The average Bonchev–Trinajstić information content (AvgIpc) is 3.62. The van der Waals surface area contributed by atoms with Crippen LogP contribution in [-0.4, -0.2) is 110 Å². The molecule has 8 atom stereocenters. The van der Waals surface area contributed by atoms with Crippen molar-refractivity contribution in [3.63, 3.8) is 0 Å². The SMILES string of the molecule is [B]NPOC(=O)NC(=NC[C@H]1CCN(CC2=C(C(=O)OPN[B])N3C(=O)C([C@@H](C)O[Si](CC)(CC)CC)C3[C@H]2C)C1)NC(=O)OPN[B]. The Kier molecular flexibility index (Phi) is 16.7. The fourth-order valence-corrected chi connectivity index (χ4v) is 10.2. The van der Waals surface area contributed by atoms with Crippen LogP contribution in [0.2, 0.25) is 18.1 Å². The summed E-state index contributed by atoms with van der Waals surface area (Å²) in [7, 11) is 12.2. The van der Waals surface area contributed by atoms with E-state index in [4.69, 9.17) is 41.9 Å². The molecule has 3 aliphatic rings. The van der Waals surface area contributed by atoms with Crippen molar-refractivity contribution in [1.29, 1.82) is 0 Å². The first kappa shape index (κ1) is 40.8. The normalized spacial score (nSPS) is 23.6. The number of amides is 3. The molecule has 48 heavy (non-hydrogen) atoms. The summed E-state index contributed by atoms with van der Waals surface area (Å²) in [6.45, 7) is 12.5. The lowest BCUT2D eigenvalue weighted by Crippen LogP contribution is -2.65. The van der Waals surface area contributed by atoms with Crippen molar-refractivity contribution in [2.75, 3.05) is 26.2 Å². The van der Waals surface area contributed by atoms with E-state index < -0.39 is 53.3 Å². The Hall–Kier alpha value is -1.61. The molecule has 0 bridgehead atoms. The standard InChI is InChI=1S/C25H44B3N8O8P3Si/c1-6-48(7-2,8-3)44-15(5)18-19-14(4)17(20(36(19)21(18)37)22(38)41-45-32-26)13-35-10-9-16(12-35)11-29-23(30-24(39)42-46-33-27)31-25(40)43-47-34-28/h14-16,18-19,32-34,45-47H,6-13H2,1-5H3,(H2,29,30,31,39,40)/t14-,15+,16+,18?,19?/m0/s1. The number of β-lactam (4-membered cyclic amide) rings is 1. The Bertz CT molecular complexity index is 1190. The fourth-order valence-electron chi connectivity index (χ4n) is 6.59. The topological polar surface area (TPSA) is 184 Å². The predicted octanol–water partition coefficient (Wildman–Crippen LogP) is 1.35. The summed E-state index contributed by atoms with van der Waals surface area (Å²) < 4.78 is 21.8. The van der Waals surface area contributed by atoms with Gasteiger partial charge >= 0.3 is 18.2 Å². The third-order valence-electron chi connectivity index (χ3n) is 9.18. The minimum absolute atomic E-state index is 0.0569. The van der Waals surface area contributed by atoms with E-state index in [0.717, 1.165) is 30.1 Å². The van der Waals surface area contributed by atoms with E-state index in [1.54, 1.807) is 4.90 Å². The summed E-state index contributed by atoms with van der Waals surface area (Å²) in [5.41, 5.74) is 1.12.